The molecule has 1 aromatic heterocycles. The van der Waals surface area contributed by atoms with E-state index in [0.29, 0.717) is 25.3 Å². The molecule has 0 bridgehead atoms. The molecule has 0 atom stereocenters. The van der Waals surface area contributed by atoms with E-state index in [1.54, 1.807) is 6.33 Å². The number of nitrogens with zero attached hydrogens (tertiary/aromatic N) is 3. The Morgan fingerprint density at radius 2 is 2.20 bits per heavy atom. The van der Waals surface area contributed by atoms with Crippen molar-refractivity contribution in [1.29, 1.82) is 0 Å². The number of ether oxygens (including phenoxy) is 1. The minimum absolute atomic E-state index is 0.0507. The number of amides is 1. The van der Waals surface area contributed by atoms with Crippen LogP contribution in [0.4, 0.5) is 0 Å². The zero-order chi connectivity index (χ0) is 14.3. The Balaban J connectivity index is 1.77. The van der Waals surface area contributed by atoms with Crippen LogP contribution in [0, 0.1) is 0 Å². The lowest BCUT2D eigenvalue weighted by Gasteiger charge is -2.47. The number of benzene rings is 1. The Morgan fingerprint density at radius 1 is 1.45 bits per heavy atom. The minimum Gasteiger partial charge on any atom is -0.372 e. The number of rotatable bonds is 3. The van der Waals surface area contributed by atoms with Crippen LogP contribution in [-0.4, -0.2) is 45.7 Å². The lowest BCUT2D eigenvalue weighted by Crippen LogP contribution is -2.63. The van der Waals surface area contributed by atoms with Crippen molar-refractivity contribution >= 4 is 16.9 Å². The van der Waals surface area contributed by atoms with Crippen molar-refractivity contribution in [3.05, 3.63) is 30.1 Å². The highest BCUT2D eigenvalue weighted by Crippen LogP contribution is 2.26. The maximum absolute atomic E-state index is 12.4. The molecule has 106 valence electrons. The summed E-state index contributed by atoms with van der Waals surface area (Å²) in [6.45, 7) is 6.01. The van der Waals surface area contributed by atoms with Gasteiger partial charge in [-0.25, -0.2) is 4.98 Å². The maximum Gasteiger partial charge on any atom is 0.254 e. The van der Waals surface area contributed by atoms with Gasteiger partial charge in [0.2, 0.25) is 0 Å². The second kappa shape index (κ2) is 4.59. The van der Waals surface area contributed by atoms with Gasteiger partial charge in [-0.15, -0.1) is 0 Å². The summed E-state index contributed by atoms with van der Waals surface area (Å²) in [5, 5.41) is 0. The van der Waals surface area contributed by atoms with Gasteiger partial charge >= 0.3 is 0 Å². The Labute approximate surface area is 118 Å². The molecule has 1 aliphatic heterocycles. The van der Waals surface area contributed by atoms with Crippen LogP contribution in [0.25, 0.3) is 11.0 Å². The second-order valence-corrected chi connectivity index (χ2v) is 5.60. The lowest BCUT2D eigenvalue weighted by atomic mass is 9.95. The molecule has 0 saturated carbocycles. The smallest absolute Gasteiger partial charge is 0.254 e. The van der Waals surface area contributed by atoms with E-state index in [4.69, 9.17) is 4.74 Å². The summed E-state index contributed by atoms with van der Waals surface area (Å²) in [7, 11) is 1.94. The molecule has 2 aromatic rings. The van der Waals surface area contributed by atoms with E-state index < -0.39 is 0 Å². The van der Waals surface area contributed by atoms with Crippen molar-refractivity contribution in [2.24, 2.45) is 7.05 Å². The first-order valence-electron chi connectivity index (χ1n) is 6.87. The lowest BCUT2D eigenvalue weighted by molar-refractivity contribution is -0.113. The van der Waals surface area contributed by atoms with E-state index in [1.165, 1.54) is 0 Å². The molecule has 1 aliphatic rings. The van der Waals surface area contributed by atoms with E-state index >= 15 is 0 Å². The molecule has 0 N–H and O–H groups in total. The van der Waals surface area contributed by atoms with E-state index in [9.17, 15) is 4.79 Å². The van der Waals surface area contributed by atoms with Crippen molar-refractivity contribution in [3.63, 3.8) is 0 Å². The molecular weight excluding hydrogens is 254 g/mol. The molecule has 1 aromatic carbocycles. The van der Waals surface area contributed by atoms with Gasteiger partial charge in [-0.1, -0.05) is 0 Å². The van der Waals surface area contributed by atoms with Crippen LogP contribution in [0.5, 0.6) is 0 Å². The quantitative estimate of drug-likeness (QED) is 0.857. The summed E-state index contributed by atoms with van der Waals surface area (Å²) in [5.41, 5.74) is 2.39. The highest BCUT2D eigenvalue weighted by atomic mass is 16.5. The van der Waals surface area contributed by atoms with Gasteiger partial charge in [0.25, 0.3) is 5.91 Å². The topological polar surface area (TPSA) is 47.4 Å². The van der Waals surface area contributed by atoms with Gasteiger partial charge in [-0.05, 0) is 32.0 Å². The van der Waals surface area contributed by atoms with E-state index in [2.05, 4.69) is 4.98 Å². The van der Waals surface area contributed by atoms with Crippen LogP contribution >= 0.6 is 0 Å². The Morgan fingerprint density at radius 3 is 2.90 bits per heavy atom. The van der Waals surface area contributed by atoms with Crippen LogP contribution in [0.15, 0.2) is 24.5 Å². The molecule has 1 saturated heterocycles. The van der Waals surface area contributed by atoms with Crippen LogP contribution in [0.2, 0.25) is 0 Å². The van der Waals surface area contributed by atoms with Crippen molar-refractivity contribution in [3.8, 4) is 0 Å². The number of fused-ring (bicyclic) bond motifs is 1. The van der Waals surface area contributed by atoms with E-state index in [0.717, 1.165) is 11.0 Å². The summed E-state index contributed by atoms with van der Waals surface area (Å²) < 4.78 is 7.59. The first kappa shape index (κ1) is 13.1. The molecule has 0 spiro atoms. The highest BCUT2D eigenvalue weighted by molar-refractivity contribution is 5.98. The van der Waals surface area contributed by atoms with Gasteiger partial charge in [-0.2, -0.15) is 0 Å². The van der Waals surface area contributed by atoms with Crippen LogP contribution < -0.4 is 0 Å². The van der Waals surface area contributed by atoms with Gasteiger partial charge in [-0.3, -0.25) is 4.79 Å². The predicted molar refractivity (Wildman–Crippen MR) is 76.6 cm³/mol. The average molecular weight is 273 g/mol. The fourth-order valence-corrected chi connectivity index (χ4v) is 2.80. The van der Waals surface area contributed by atoms with Crippen molar-refractivity contribution in [2.45, 2.75) is 19.4 Å². The molecule has 1 amide bonds. The summed E-state index contributed by atoms with van der Waals surface area (Å²) in [6.07, 6.45) is 1.76. The molecule has 1 fully saturated rings. The fraction of sp³-hybridized carbons (Fsp3) is 0.467. The molecule has 20 heavy (non-hydrogen) atoms. The third kappa shape index (κ3) is 2.08. The third-order valence-corrected chi connectivity index (χ3v) is 3.80. The number of hydrogen-bond acceptors (Lipinski definition) is 3. The van der Waals surface area contributed by atoms with Gasteiger partial charge < -0.3 is 14.2 Å². The number of likely N-dealkylation sites (tertiary alicyclic amines) is 1. The summed E-state index contributed by atoms with van der Waals surface area (Å²) in [4.78, 5) is 18.5. The highest BCUT2D eigenvalue weighted by Gasteiger charge is 2.42. The molecular formula is C15H19N3O2. The zero-order valence-corrected chi connectivity index (χ0v) is 12.1. The molecule has 0 unspecified atom stereocenters. The van der Waals surface area contributed by atoms with E-state index in [1.807, 2.05) is 48.6 Å². The average Bonchev–Trinajstić information content (AvgIpc) is 2.76. The summed E-state index contributed by atoms with van der Waals surface area (Å²) in [6, 6.07) is 5.66. The van der Waals surface area contributed by atoms with Crippen LogP contribution in [0.3, 0.4) is 0 Å². The van der Waals surface area contributed by atoms with Crippen LogP contribution in [0.1, 0.15) is 24.2 Å². The monoisotopic (exact) mass is 273 g/mol. The first-order valence-corrected chi connectivity index (χ1v) is 6.87. The second-order valence-electron chi connectivity index (χ2n) is 5.60. The number of carbonyl (C=O) groups excluding carboxylic acids is 1. The van der Waals surface area contributed by atoms with Crippen LogP contribution in [-0.2, 0) is 11.8 Å². The molecule has 3 rings (SSSR count). The number of carbonyl (C=O) groups is 1. The standard InChI is InChI=1S/C15H19N3O2/c1-4-20-15(2)8-18(9-15)14(19)11-5-6-13-12(7-11)16-10-17(13)3/h5-7,10H,4,8-9H2,1-3H3. The van der Waals surface area contributed by atoms with Gasteiger partial charge in [0.15, 0.2) is 0 Å². The number of aryl methyl sites for hydroxylation is 1. The maximum atomic E-state index is 12.4. The number of aromatic nitrogens is 2. The first-order chi connectivity index (χ1) is 9.52. The Kier molecular flexibility index (Phi) is 3.01. The Bertz CT molecular complexity index is 656. The zero-order valence-electron chi connectivity index (χ0n) is 12.1. The molecule has 0 radical (unpaired) electrons. The normalized spacial score (nSPS) is 17.2. The molecule has 2 heterocycles. The van der Waals surface area contributed by atoms with Crippen molar-refractivity contribution in [1.82, 2.24) is 14.5 Å². The molecule has 5 nitrogen and oxygen atoms in total. The number of hydrogen-bond donors (Lipinski definition) is 0. The van der Waals surface area contributed by atoms with Gasteiger partial charge in [0, 0.05) is 19.2 Å². The van der Waals surface area contributed by atoms with Crippen molar-refractivity contribution in [2.75, 3.05) is 19.7 Å². The SMILES string of the molecule is CCOC1(C)CN(C(=O)c2ccc3c(c2)ncn3C)C1. The fourth-order valence-electron chi connectivity index (χ4n) is 2.80. The van der Waals surface area contributed by atoms with Crippen molar-refractivity contribution < 1.29 is 9.53 Å². The largest absolute Gasteiger partial charge is 0.372 e. The molecule has 5 heteroatoms. The predicted octanol–water partition coefficient (Wildman–Crippen LogP) is 1.82. The number of imidazole rings is 1. The minimum atomic E-state index is -0.181. The van der Waals surface area contributed by atoms with Gasteiger partial charge in [0.05, 0.1) is 30.5 Å². The summed E-state index contributed by atoms with van der Waals surface area (Å²) in [5.74, 6) is 0.0507. The third-order valence-electron chi connectivity index (χ3n) is 3.80. The molecule has 0 aliphatic carbocycles. The van der Waals surface area contributed by atoms with E-state index in [-0.39, 0.29) is 11.5 Å². The van der Waals surface area contributed by atoms with Gasteiger partial charge in [0.1, 0.15) is 5.60 Å². The Hall–Kier alpha value is -1.88. The summed E-state index contributed by atoms with van der Waals surface area (Å²) >= 11 is 0.